The van der Waals surface area contributed by atoms with Gasteiger partial charge in [0.1, 0.15) is 0 Å². The van der Waals surface area contributed by atoms with Crippen LogP contribution in [-0.4, -0.2) is 36.6 Å². The SMILES string of the molecule is C#CCN1CCC(NC2C3CC4CC(C3)CC2C4)CC1. The Morgan fingerprint density at radius 1 is 0.950 bits per heavy atom. The maximum Gasteiger partial charge on any atom is 0.0598 e. The zero-order valence-electron chi connectivity index (χ0n) is 12.6. The summed E-state index contributed by atoms with van der Waals surface area (Å²) >= 11 is 0. The van der Waals surface area contributed by atoms with Gasteiger partial charge in [0, 0.05) is 25.2 Å². The quantitative estimate of drug-likeness (QED) is 0.794. The lowest BCUT2D eigenvalue weighted by Gasteiger charge is -2.55. The first-order chi connectivity index (χ1) is 9.81. The van der Waals surface area contributed by atoms with Crippen LogP contribution in [0.3, 0.4) is 0 Å². The lowest BCUT2D eigenvalue weighted by Crippen LogP contribution is -2.58. The first-order valence-electron chi connectivity index (χ1n) is 8.73. The molecule has 4 saturated carbocycles. The molecule has 5 fully saturated rings. The highest BCUT2D eigenvalue weighted by Gasteiger charge is 2.48. The number of nitrogens with zero attached hydrogens (tertiary/aromatic N) is 1. The maximum atomic E-state index is 5.42. The highest BCUT2D eigenvalue weighted by molar-refractivity contribution is 5.02. The van der Waals surface area contributed by atoms with Gasteiger partial charge in [-0.3, -0.25) is 4.90 Å². The normalized spacial score (nSPS) is 44.6. The third-order valence-corrected chi connectivity index (χ3v) is 6.56. The lowest BCUT2D eigenvalue weighted by molar-refractivity contribution is -0.0203. The Kier molecular flexibility index (Phi) is 3.52. The molecular weight excluding hydrogens is 244 g/mol. The van der Waals surface area contributed by atoms with Crippen molar-refractivity contribution in [2.24, 2.45) is 23.7 Å². The second-order valence-electron chi connectivity index (χ2n) is 7.88. The van der Waals surface area contributed by atoms with Crippen molar-refractivity contribution in [3.8, 4) is 12.3 Å². The summed E-state index contributed by atoms with van der Waals surface area (Å²) in [7, 11) is 0. The Morgan fingerprint density at radius 3 is 2.10 bits per heavy atom. The van der Waals surface area contributed by atoms with E-state index in [1.807, 2.05) is 0 Å². The van der Waals surface area contributed by atoms with Crippen LogP contribution in [0, 0.1) is 36.0 Å². The maximum absolute atomic E-state index is 5.42. The van der Waals surface area contributed by atoms with Gasteiger partial charge in [0.25, 0.3) is 0 Å². The van der Waals surface area contributed by atoms with Crippen molar-refractivity contribution >= 4 is 0 Å². The summed E-state index contributed by atoms with van der Waals surface area (Å²) < 4.78 is 0. The third kappa shape index (κ3) is 2.40. The molecule has 5 aliphatic rings. The van der Waals surface area contributed by atoms with Gasteiger partial charge >= 0.3 is 0 Å². The molecule has 110 valence electrons. The van der Waals surface area contributed by atoms with Gasteiger partial charge in [-0.05, 0) is 68.6 Å². The van der Waals surface area contributed by atoms with Crippen LogP contribution in [0.1, 0.15) is 44.9 Å². The van der Waals surface area contributed by atoms with Gasteiger partial charge in [-0.1, -0.05) is 5.92 Å². The van der Waals surface area contributed by atoms with Crippen LogP contribution in [0.15, 0.2) is 0 Å². The molecule has 0 aromatic rings. The highest BCUT2D eigenvalue weighted by atomic mass is 15.1. The number of hydrogen-bond acceptors (Lipinski definition) is 2. The van der Waals surface area contributed by atoms with Crippen molar-refractivity contribution < 1.29 is 0 Å². The molecule has 1 heterocycles. The first-order valence-corrected chi connectivity index (χ1v) is 8.73. The second-order valence-corrected chi connectivity index (χ2v) is 7.88. The molecule has 4 aliphatic carbocycles. The van der Waals surface area contributed by atoms with Gasteiger partial charge in [0.05, 0.1) is 6.54 Å². The van der Waals surface area contributed by atoms with Crippen LogP contribution in [0.5, 0.6) is 0 Å². The molecule has 1 aliphatic heterocycles. The van der Waals surface area contributed by atoms with E-state index in [4.69, 9.17) is 6.42 Å². The van der Waals surface area contributed by atoms with Crippen LogP contribution >= 0.6 is 0 Å². The molecule has 0 radical (unpaired) electrons. The molecule has 5 rings (SSSR count). The molecule has 0 aromatic carbocycles. The van der Waals surface area contributed by atoms with Gasteiger partial charge in [-0.25, -0.2) is 0 Å². The van der Waals surface area contributed by atoms with Gasteiger partial charge in [0.2, 0.25) is 0 Å². The fraction of sp³-hybridized carbons (Fsp3) is 0.889. The number of rotatable bonds is 3. The monoisotopic (exact) mass is 272 g/mol. The molecule has 0 spiro atoms. The largest absolute Gasteiger partial charge is 0.311 e. The number of likely N-dealkylation sites (tertiary alicyclic amines) is 1. The molecule has 1 N–H and O–H groups in total. The van der Waals surface area contributed by atoms with Gasteiger partial charge in [-0.2, -0.15) is 0 Å². The van der Waals surface area contributed by atoms with E-state index >= 15 is 0 Å². The minimum Gasteiger partial charge on any atom is -0.311 e. The van der Waals surface area contributed by atoms with Gasteiger partial charge < -0.3 is 5.32 Å². The Labute approximate surface area is 123 Å². The van der Waals surface area contributed by atoms with E-state index in [9.17, 15) is 0 Å². The van der Waals surface area contributed by atoms with Crippen LogP contribution in [-0.2, 0) is 0 Å². The molecule has 1 saturated heterocycles. The lowest BCUT2D eigenvalue weighted by atomic mass is 9.54. The summed E-state index contributed by atoms with van der Waals surface area (Å²) in [6.07, 6.45) is 15.7. The fourth-order valence-corrected chi connectivity index (χ4v) is 5.86. The Bertz CT molecular complexity index is 361. The van der Waals surface area contributed by atoms with E-state index in [0.717, 1.165) is 42.3 Å². The van der Waals surface area contributed by atoms with Crippen molar-refractivity contribution in [1.29, 1.82) is 0 Å². The summed E-state index contributed by atoms with van der Waals surface area (Å²) in [5.41, 5.74) is 0. The zero-order valence-corrected chi connectivity index (χ0v) is 12.6. The molecule has 4 bridgehead atoms. The summed E-state index contributed by atoms with van der Waals surface area (Å²) in [5.74, 6) is 6.98. The van der Waals surface area contributed by atoms with E-state index in [1.54, 1.807) is 6.42 Å². The standard InChI is InChI=1S/C18H28N2/c1-2-5-20-6-3-17(4-7-20)19-18-15-9-13-8-14(11-15)12-16(18)10-13/h1,13-19H,3-12H2. The average Bonchev–Trinajstić information content (AvgIpc) is 2.44. The topological polar surface area (TPSA) is 15.3 Å². The average molecular weight is 272 g/mol. The summed E-state index contributed by atoms with van der Waals surface area (Å²) in [6.45, 7) is 3.22. The van der Waals surface area contributed by atoms with Crippen molar-refractivity contribution in [2.45, 2.75) is 57.0 Å². The first kappa shape index (κ1) is 13.2. The molecule has 0 aromatic heterocycles. The van der Waals surface area contributed by atoms with Crippen LogP contribution in [0.4, 0.5) is 0 Å². The Morgan fingerprint density at radius 2 is 1.55 bits per heavy atom. The minimum absolute atomic E-state index is 0.756. The van der Waals surface area contributed by atoms with E-state index in [1.165, 1.54) is 51.6 Å². The van der Waals surface area contributed by atoms with Crippen molar-refractivity contribution in [3.63, 3.8) is 0 Å². The van der Waals surface area contributed by atoms with E-state index in [-0.39, 0.29) is 0 Å². The summed E-state index contributed by atoms with van der Waals surface area (Å²) in [5, 5.41) is 4.09. The number of nitrogens with one attached hydrogen (secondary N) is 1. The van der Waals surface area contributed by atoms with E-state index in [0.29, 0.717) is 0 Å². The molecule has 20 heavy (non-hydrogen) atoms. The summed E-state index contributed by atoms with van der Waals surface area (Å²) in [4.78, 5) is 2.43. The van der Waals surface area contributed by atoms with E-state index in [2.05, 4.69) is 16.1 Å². The van der Waals surface area contributed by atoms with Crippen molar-refractivity contribution in [1.82, 2.24) is 10.2 Å². The summed E-state index contributed by atoms with van der Waals surface area (Å²) in [6, 6.07) is 1.61. The molecule has 2 nitrogen and oxygen atoms in total. The molecule has 0 amide bonds. The van der Waals surface area contributed by atoms with Crippen molar-refractivity contribution in [3.05, 3.63) is 0 Å². The van der Waals surface area contributed by atoms with Crippen LogP contribution in [0.25, 0.3) is 0 Å². The zero-order chi connectivity index (χ0) is 13.5. The number of hydrogen-bond donors (Lipinski definition) is 1. The molecule has 2 heteroatoms. The van der Waals surface area contributed by atoms with Gasteiger partial charge in [0.15, 0.2) is 0 Å². The molecule has 0 atom stereocenters. The van der Waals surface area contributed by atoms with Gasteiger partial charge in [-0.15, -0.1) is 6.42 Å². The smallest absolute Gasteiger partial charge is 0.0598 e. The molecular formula is C18H28N2. The predicted octanol–water partition coefficient (Wildman–Crippen LogP) is 2.50. The third-order valence-electron chi connectivity index (χ3n) is 6.56. The van der Waals surface area contributed by atoms with Crippen LogP contribution in [0.2, 0.25) is 0 Å². The second kappa shape index (κ2) is 5.35. The number of terminal acetylenes is 1. The minimum atomic E-state index is 0.756. The van der Waals surface area contributed by atoms with Crippen molar-refractivity contribution in [2.75, 3.05) is 19.6 Å². The van der Waals surface area contributed by atoms with E-state index < -0.39 is 0 Å². The fourth-order valence-electron chi connectivity index (χ4n) is 5.86. The van der Waals surface area contributed by atoms with Crippen LogP contribution < -0.4 is 5.32 Å². The number of piperidine rings is 1. The highest BCUT2D eigenvalue weighted by Crippen LogP contribution is 2.53. The predicted molar refractivity (Wildman–Crippen MR) is 82.3 cm³/mol. The molecule has 0 unspecified atom stereocenters. The Balaban J connectivity index is 1.33. The Hall–Kier alpha value is -0.520.